The molecule has 0 radical (unpaired) electrons. The molecule has 0 aliphatic rings. The van der Waals surface area contributed by atoms with Crippen LogP contribution in [0.2, 0.25) is 0 Å². The number of rotatable bonds is 15. The van der Waals surface area contributed by atoms with Crippen LogP contribution < -0.4 is 0 Å². The first-order valence-electron chi connectivity index (χ1n) is 13.4. The maximum absolute atomic E-state index is 8.90. The standard InChI is InChI=1S/C32H38O2S2/c33-23-7-3-1-5-9-25-11-15-27(16-12-25)29-19-21-31(35-29)32-22-20-30(36-32)28-17-13-26(14-18-28)10-6-2-4-8-24-34/h11-22,33-34H,1-10,23-24H2. The smallest absolute Gasteiger partial charge is 0.0449 e. The summed E-state index contributed by atoms with van der Waals surface area (Å²) in [4.78, 5) is 5.29. The largest absolute Gasteiger partial charge is 0.396 e. The molecule has 4 heteroatoms. The first-order chi connectivity index (χ1) is 17.8. The Morgan fingerprint density at radius 2 is 0.750 bits per heavy atom. The summed E-state index contributed by atoms with van der Waals surface area (Å²) in [5.74, 6) is 0. The van der Waals surface area contributed by atoms with Gasteiger partial charge >= 0.3 is 0 Å². The van der Waals surface area contributed by atoms with Crippen LogP contribution in [0.25, 0.3) is 30.6 Å². The summed E-state index contributed by atoms with van der Waals surface area (Å²) in [5.41, 5.74) is 5.38. The highest BCUT2D eigenvalue weighted by atomic mass is 32.1. The van der Waals surface area contributed by atoms with Crippen molar-refractivity contribution in [3.05, 3.63) is 83.9 Å². The van der Waals surface area contributed by atoms with Crippen molar-refractivity contribution in [2.24, 2.45) is 0 Å². The van der Waals surface area contributed by atoms with E-state index >= 15 is 0 Å². The molecule has 2 aromatic carbocycles. The Balaban J connectivity index is 1.32. The summed E-state index contributed by atoms with van der Waals surface area (Å²) in [5, 5.41) is 17.8. The molecule has 0 spiro atoms. The molecule has 0 unspecified atom stereocenters. The minimum atomic E-state index is 0.311. The zero-order chi connectivity index (χ0) is 25.0. The highest BCUT2D eigenvalue weighted by Gasteiger charge is 2.09. The average molecular weight is 519 g/mol. The van der Waals surface area contributed by atoms with Crippen LogP contribution in [0, 0.1) is 0 Å². The van der Waals surface area contributed by atoms with Crippen LogP contribution in [0.4, 0.5) is 0 Å². The maximum Gasteiger partial charge on any atom is 0.0449 e. The lowest BCUT2D eigenvalue weighted by molar-refractivity contribution is 0.282. The van der Waals surface area contributed by atoms with Crippen LogP contribution in [0.3, 0.4) is 0 Å². The fourth-order valence-corrected chi connectivity index (χ4v) is 6.62. The van der Waals surface area contributed by atoms with Crippen molar-refractivity contribution in [3.63, 3.8) is 0 Å². The molecule has 2 heterocycles. The normalized spacial score (nSPS) is 11.3. The van der Waals surface area contributed by atoms with Crippen LogP contribution in [-0.4, -0.2) is 23.4 Å². The number of aryl methyl sites for hydroxylation is 2. The maximum atomic E-state index is 8.90. The van der Waals surface area contributed by atoms with Gasteiger partial charge in [0.25, 0.3) is 0 Å². The second-order valence-electron chi connectivity index (χ2n) is 9.50. The van der Waals surface area contributed by atoms with Crippen LogP contribution in [-0.2, 0) is 12.8 Å². The lowest BCUT2D eigenvalue weighted by Crippen LogP contribution is -1.88. The first kappa shape index (κ1) is 26.8. The van der Waals surface area contributed by atoms with Crippen LogP contribution in [0.5, 0.6) is 0 Å². The Morgan fingerprint density at radius 1 is 0.389 bits per heavy atom. The summed E-state index contributed by atoms with van der Waals surface area (Å²) >= 11 is 3.74. The van der Waals surface area contributed by atoms with Gasteiger partial charge in [0.1, 0.15) is 0 Å². The van der Waals surface area contributed by atoms with E-state index in [2.05, 4.69) is 72.8 Å². The van der Waals surface area contributed by atoms with Crippen molar-refractivity contribution in [1.82, 2.24) is 0 Å². The molecule has 0 saturated carbocycles. The third-order valence-corrected chi connectivity index (χ3v) is 9.14. The molecule has 4 rings (SSSR count). The number of hydrogen-bond donors (Lipinski definition) is 2. The number of aliphatic hydroxyl groups excluding tert-OH is 2. The van der Waals surface area contributed by atoms with Gasteiger partial charge in [0.15, 0.2) is 0 Å². The Kier molecular flexibility index (Phi) is 10.8. The number of benzene rings is 2. The number of unbranched alkanes of at least 4 members (excludes halogenated alkanes) is 6. The zero-order valence-corrected chi connectivity index (χ0v) is 22.8. The van der Waals surface area contributed by atoms with E-state index in [1.807, 2.05) is 22.7 Å². The predicted molar refractivity (Wildman–Crippen MR) is 157 cm³/mol. The molecular formula is C32H38O2S2. The molecule has 0 amide bonds. The molecule has 0 fully saturated rings. The highest BCUT2D eigenvalue weighted by Crippen LogP contribution is 2.40. The Bertz CT molecular complexity index is 1060. The molecule has 36 heavy (non-hydrogen) atoms. The molecule has 2 aromatic heterocycles. The van der Waals surface area contributed by atoms with E-state index in [9.17, 15) is 0 Å². The molecular weight excluding hydrogens is 480 g/mol. The van der Waals surface area contributed by atoms with Gasteiger partial charge in [-0.25, -0.2) is 0 Å². The highest BCUT2D eigenvalue weighted by molar-refractivity contribution is 7.25. The van der Waals surface area contributed by atoms with Crippen molar-refractivity contribution in [2.75, 3.05) is 13.2 Å². The molecule has 190 valence electrons. The second-order valence-corrected chi connectivity index (χ2v) is 11.7. The third kappa shape index (κ3) is 7.88. The fraction of sp³-hybridized carbons (Fsp3) is 0.375. The van der Waals surface area contributed by atoms with Gasteiger partial charge in [-0.3, -0.25) is 0 Å². The molecule has 0 atom stereocenters. The molecule has 0 bridgehead atoms. The zero-order valence-electron chi connectivity index (χ0n) is 21.1. The number of aliphatic hydroxyl groups is 2. The van der Waals surface area contributed by atoms with E-state index in [4.69, 9.17) is 10.2 Å². The van der Waals surface area contributed by atoms with E-state index in [0.29, 0.717) is 13.2 Å². The van der Waals surface area contributed by atoms with Crippen LogP contribution in [0.15, 0.2) is 72.8 Å². The molecule has 0 saturated heterocycles. The molecule has 0 aliphatic heterocycles. The van der Waals surface area contributed by atoms with E-state index < -0.39 is 0 Å². The second kappa shape index (κ2) is 14.5. The molecule has 0 aliphatic carbocycles. The summed E-state index contributed by atoms with van der Waals surface area (Å²) in [6.07, 6.45) is 11.1. The van der Waals surface area contributed by atoms with Crippen LogP contribution in [0.1, 0.15) is 62.5 Å². The van der Waals surface area contributed by atoms with Gasteiger partial charge in [-0.1, -0.05) is 74.2 Å². The Labute approximate surface area is 224 Å². The van der Waals surface area contributed by atoms with E-state index in [0.717, 1.165) is 38.5 Å². The van der Waals surface area contributed by atoms with Gasteiger partial charge in [0.2, 0.25) is 0 Å². The van der Waals surface area contributed by atoms with Gasteiger partial charge in [-0.15, -0.1) is 22.7 Å². The summed E-state index contributed by atoms with van der Waals surface area (Å²) in [6.45, 7) is 0.621. The van der Waals surface area contributed by atoms with Crippen molar-refractivity contribution < 1.29 is 10.2 Å². The number of hydrogen-bond acceptors (Lipinski definition) is 4. The molecule has 2 nitrogen and oxygen atoms in total. The monoisotopic (exact) mass is 518 g/mol. The van der Waals surface area contributed by atoms with E-state index in [-0.39, 0.29) is 0 Å². The van der Waals surface area contributed by atoms with Gasteiger partial charge in [0, 0.05) is 32.7 Å². The number of thiophene rings is 2. The van der Waals surface area contributed by atoms with E-state index in [1.165, 1.54) is 67.4 Å². The summed E-state index contributed by atoms with van der Waals surface area (Å²) in [6, 6.07) is 27.1. The quantitative estimate of drug-likeness (QED) is 0.154. The molecule has 2 N–H and O–H groups in total. The third-order valence-electron chi connectivity index (χ3n) is 6.68. The minimum Gasteiger partial charge on any atom is -0.396 e. The van der Waals surface area contributed by atoms with Crippen LogP contribution >= 0.6 is 22.7 Å². The first-order valence-corrected chi connectivity index (χ1v) is 15.0. The van der Waals surface area contributed by atoms with Crippen molar-refractivity contribution >= 4 is 22.7 Å². The topological polar surface area (TPSA) is 40.5 Å². The Morgan fingerprint density at radius 3 is 1.14 bits per heavy atom. The van der Waals surface area contributed by atoms with Crippen molar-refractivity contribution in [1.29, 1.82) is 0 Å². The lowest BCUT2D eigenvalue weighted by Gasteiger charge is -2.03. The minimum absolute atomic E-state index is 0.311. The van der Waals surface area contributed by atoms with Crippen molar-refractivity contribution in [3.8, 4) is 30.6 Å². The van der Waals surface area contributed by atoms with Gasteiger partial charge in [-0.2, -0.15) is 0 Å². The van der Waals surface area contributed by atoms with Gasteiger partial charge in [-0.05, 0) is 85.0 Å². The van der Waals surface area contributed by atoms with Crippen molar-refractivity contribution in [2.45, 2.75) is 64.2 Å². The Hall–Kier alpha value is -2.24. The lowest BCUT2D eigenvalue weighted by atomic mass is 10.0. The SMILES string of the molecule is OCCCCCCc1ccc(-c2ccc(-c3ccc(-c4ccc(CCCCCCO)cc4)s3)s2)cc1. The van der Waals surface area contributed by atoms with Gasteiger partial charge < -0.3 is 10.2 Å². The summed E-state index contributed by atoms with van der Waals surface area (Å²) in [7, 11) is 0. The molecule has 4 aromatic rings. The van der Waals surface area contributed by atoms with E-state index in [1.54, 1.807) is 0 Å². The fourth-order valence-electron chi connectivity index (χ4n) is 4.51. The van der Waals surface area contributed by atoms with Gasteiger partial charge in [0.05, 0.1) is 0 Å². The summed E-state index contributed by atoms with van der Waals surface area (Å²) < 4.78 is 0. The predicted octanol–water partition coefficient (Wildman–Crippen LogP) is 9.00. The average Bonchev–Trinajstić information content (AvgIpc) is 3.60.